The number of nitriles is 1. The third kappa shape index (κ3) is 6.20. The summed E-state index contributed by atoms with van der Waals surface area (Å²) in [6.45, 7) is 7.65. The van der Waals surface area contributed by atoms with Gasteiger partial charge in [-0.15, -0.1) is 0 Å². The number of pyridine rings is 1. The number of halogens is 3. The molecule has 3 aromatic rings. The van der Waals surface area contributed by atoms with Gasteiger partial charge in [0.15, 0.2) is 0 Å². The van der Waals surface area contributed by atoms with E-state index < -0.39 is 12.1 Å². The number of benzene rings is 2. The summed E-state index contributed by atoms with van der Waals surface area (Å²) in [4.78, 5) is 4.41. The number of nitrogens with zero attached hydrogens (tertiary/aromatic N) is 2. The van der Waals surface area contributed by atoms with Crippen LogP contribution in [-0.2, 0) is 0 Å². The van der Waals surface area contributed by atoms with E-state index >= 15 is 0 Å². The Bertz CT molecular complexity index is 1520. The number of hydrazine groups is 2. The molecule has 0 aliphatic carbocycles. The molecular weight excluding hydrogens is 520 g/mol. The van der Waals surface area contributed by atoms with Gasteiger partial charge in [0, 0.05) is 29.0 Å². The summed E-state index contributed by atoms with van der Waals surface area (Å²) in [6.07, 6.45) is 8.00. The van der Waals surface area contributed by atoms with Crippen molar-refractivity contribution in [1.29, 1.82) is 5.26 Å². The Hall–Kier alpha value is -4.39. The zero-order chi connectivity index (χ0) is 27.9. The summed E-state index contributed by atoms with van der Waals surface area (Å²) in [6, 6.07) is 11.4. The SMILES string of the molecule is C=C(/C=C\C(F)=C/C)[C@H](Nc1cc(Cl)c2ncc(C#N)c(NC(CC)c3ccccc3F)c2c1)C1=CNNN1. The first-order valence-electron chi connectivity index (χ1n) is 12.3. The van der Waals surface area contributed by atoms with E-state index in [1.807, 2.05) is 13.0 Å². The van der Waals surface area contributed by atoms with Gasteiger partial charge in [-0.1, -0.05) is 55.5 Å². The molecular formula is C29H28ClF2N7. The Morgan fingerprint density at radius 1 is 1.26 bits per heavy atom. The molecule has 1 aliphatic rings. The van der Waals surface area contributed by atoms with Crippen LogP contribution in [0, 0.1) is 17.1 Å². The van der Waals surface area contributed by atoms with Crippen LogP contribution in [0.1, 0.15) is 37.4 Å². The molecule has 2 aromatic carbocycles. The van der Waals surface area contributed by atoms with Crippen LogP contribution in [0.25, 0.3) is 10.9 Å². The van der Waals surface area contributed by atoms with Gasteiger partial charge in [0.1, 0.15) is 17.7 Å². The second-order valence-electron chi connectivity index (χ2n) is 8.79. The predicted octanol–water partition coefficient (Wildman–Crippen LogP) is 6.68. The largest absolute Gasteiger partial charge is 0.376 e. The molecule has 0 saturated carbocycles. The lowest BCUT2D eigenvalue weighted by Gasteiger charge is -2.24. The zero-order valence-electron chi connectivity index (χ0n) is 21.4. The third-order valence-electron chi connectivity index (χ3n) is 6.28. The quantitative estimate of drug-likeness (QED) is 0.181. The molecule has 0 spiro atoms. The predicted molar refractivity (Wildman–Crippen MR) is 153 cm³/mol. The van der Waals surface area contributed by atoms with Crippen molar-refractivity contribution in [1.82, 2.24) is 21.4 Å². The Kier molecular flexibility index (Phi) is 8.81. The highest BCUT2D eigenvalue weighted by Crippen LogP contribution is 2.36. The highest BCUT2D eigenvalue weighted by Gasteiger charge is 2.22. The first kappa shape index (κ1) is 27.6. The molecule has 2 heterocycles. The number of hydrogen-bond acceptors (Lipinski definition) is 7. The highest BCUT2D eigenvalue weighted by molar-refractivity contribution is 6.35. The molecule has 5 N–H and O–H groups in total. The van der Waals surface area contributed by atoms with Crippen molar-refractivity contribution in [2.45, 2.75) is 32.4 Å². The Morgan fingerprint density at radius 2 is 2.05 bits per heavy atom. The van der Waals surface area contributed by atoms with Crippen LogP contribution in [0.3, 0.4) is 0 Å². The Labute approximate surface area is 230 Å². The molecule has 2 atom stereocenters. The van der Waals surface area contributed by atoms with E-state index in [9.17, 15) is 14.0 Å². The van der Waals surface area contributed by atoms with Crippen LogP contribution in [0.15, 0.2) is 90.7 Å². The number of fused-ring (bicyclic) bond motifs is 1. The average Bonchev–Trinajstić information content (AvgIpc) is 3.48. The van der Waals surface area contributed by atoms with Gasteiger partial charge in [-0.3, -0.25) is 4.98 Å². The van der Waals surface area contributed by atoms with Gasteiger partial charge in [0.2, 0.25) is 0 Å². The Morgan fingerprint density at radius 3 is 2.72 bits per heavy atom. The van der Waals surface area contributed by atoms with Gasteiger partial charge in [-0.25, -0.2) is 8.78 Å². The molecule has 1 aliphatic heterocycles. The zero-order valence-corrected chi connectivity index (χ0v) is 22.2. The lowest BCUT2D eigenvalue weighted by Crippen LogP contribution is -2.37. The van der Waals surface area contributed by atoms with Crippen LogP contribution in [0.4, 0.5) is 20.2 Å². The van der Waals surface area contributed by atoms with E-state index in [1.54, 1.807) is 43.5 Å². The monoisotopic (exact) mass is 547 g/mol. The molecule has 4 rings (SSSR count). The summed E-state index contributed by atoms with van der Waals surface area (Å²) < 4.78 is 28.4. The van der Waals surface area contributed by atoms with Crippen molar-refractivity contribution in [3.8, 4) is 6.07 Å². The fraction of sp³-hybridized carbons (Fsp3) is 0.172. The lowest BCUT2D eigenvalue weighted by molar-refractivity contribution is 0.587. The minimum absolute atomic E-state index is 0.296. The normalized spacial score (nSPS) is 14.8. The van der Waals surface area contributed by atoms with Crippen molar-refractivity contribution in [3.63, 3.8) is 0 Å². The van der Waals surface area contributed by atoms with E-state index in [-0.39, 0.29) is 11.6 Å². The standard InChI is InChI=1S/C29H28ClF2N7/c1-4-19(31)11-10-17(3)27(26-16-35-39-38-26)36-20-12-22-28(18(14-33)15-34-29(22)23(30)13-20)37-25(5-2)21-8-6-7-9-24(21)32/h4,6-13,15-16,25,27,35-36,38-39H,3,5H2,1-2H3,(H,34,37)/b11-10-,19-4+/t25?,27-/m0/s1. The maximum absolute atomic E-state index is 14.6. The molecule has 1 aromatic heterocycles. The number of nitrogens with one attached hydrogen (secondary N) is 5. The first-order chi connectivity index (χ1) is 18.9. The Balaban J connectivity index is 1.77. The van der Waals surface area contributed by atoms with Gasteiger partial charge < -0.3 is 21.5 Å². The lowest BCUT2D eigenvalue weighted by atomic mass is 10.0. The van der Waals surface area contributed by atoms with Crippen LogP contribution < -0.4 is 27.0 Å². The topological polar surface area (TPSA) is 96.8 Å². The number of hydrogen-bond donors (Lipinski definition) is 5. The van der Waals surface area contributed by atoms with E-state index in [1.165, 1.54) is 24.4 Å². The van der Waals surface area contributed by atoms with Crippen molar-refractivity contribution < 1.29 is 8.78 Å². The molecule has 1 unspecified atom stereocenters. The van der Waals surface area contributed by atoms with Gasteiger partial charge in [-0.2, -0.15) is 10.8 Å². The van der Waals surface area contributed by atoms with Crippen LogP contribution in [-0.4, -0.2) is 11.0 Å². The molecule has 0 radical (unpaired) electrons. The van der Waals surface area contributed by atoms with Crippen molar-refractivity contribution in [2.24, 2.45) is 0 Å². The van der Waals surface area contributed by atoms with Crippen LogP contribution in [0.2, 0.25) is 5.02 Å². The van der Waals surface area contributed by atoms with E-state index in [2.05, 4.69) is 44.7 Å². The molecule has 39 heavy (non-hydrogen) atoms. The fourth-order valence-corrected chi connectivity index (χ4v) is 4.51. The maximum Gasteiger partial charge on any atom is 0.128 e. The summed E-state index contributed by atoms with van der Waals surface area (Å²) >= 11 is 6.66. The van der Waals surface area contributed by atoms with Crippen molar-refractivity contribution in [2.75, 3.05) is 10.6 Å². The highest BCUT2D eigenvalue weighted by atomic mass is 35.5. The van der Waals surface area contributed by atoms with Gasteiger partial charge in [-0.05, 0) is 43.2 Å². The van der Waals surface area contributed by atoms with Crippen LogP contribution >= 0.6 is 11.6 Å². The number of anilines is 2. The maximum atomic E-state index is 14.6. The minimum atomic E-state index is -0.493. The molecule has 200 valence electrons. The first-order valence-corrected chi connectivity index (χ1v) is 12.7. The fourth-order valence-electron chi connectivity index (χ4n) is 4.24. The van der Waals surface area contributed by atoms with Crippen molar-refractivity contribution >= 4 is 33.9 Å². The molecule has 0 amide bonds. The smallest absolute Gasteiger partial charge is 0.128 e. The average molecular weight is 548 g/mol. The molecule has 0 fully saturated rings. The van der Waals surface area contributed by atoms with Crippen molar-refractivity contribution in [3.05, 3.63) is 113 Å². The number of aromatic nitrogens is 1. The van der Waals surface area contributed by atoms with Gasteiger partial charge in [0.05, 0.1) is 39.6 Å². The molecule has 0 saturated heterocycles. The number of allylic oxidation sites excluding steroid dienone is 3. The van der Waals surface area contributed by atoms with Crippen LogP contribution in [0.5, 0.6) is 0 Å². The summed E-state index contributed by atoms with van der Waals surface area (Å²) in [5.74, 6) is -0.725. The minimum Gasteiger partial charge on any atom is -0.376 e. The van der Waals surface area contributed by atoms with Gasteiger partial charge in [0.25, 0.3) is 0 Å². The third-order valence-corrected chi connectivity index (χ3v) is 6.57. The van der Waals surface area contributed by atoms with E-state index in [4.69, 9.17) is 11.6 Å². The van der Waals surface area contributed by atoms with E-state index in [0.29, 0.717) is 56.1 Å². The summed E-state index contributed by atoms with van der Waals surface area (Å²) in [7, 11) is 0. The summed E-state index contributed by atoms with van der Waals surface area (Å²) in [5, 5.41) is 17.6. The molecule has 10 heteroatoms. The summed E-state index contributed by atoms with van der Waals surface area (Å²) in [5.41, 5.74) is 12.3. The number of rotatable bonds is 10. The van der Waals surface area contributed by atoms with E-state index in [0.717, 1.165) is 0 Å². The second kappa shape index (κ2) is 12.4. The van der Waals surface area contributed by atoms with Gasteiger partial charge >= 0.3 is 0 Å². The molecule has 0 bridgehead atoms. The second-order valence-corrected chi connectivity index (χ2v) is 9.20. The molecule has 7 nitrogen and oxygen atoms in total.